The molecule has 0 spiro atoms. The maximum atomic E-state index is 6.92. The van der Waals surface area contributed by atoms with Crippen molar-refractivity contribution in [2.24, 2.45) is 0 Å². The molecular formula is C49H34N2O. The Kier molecular flexibility index (Phi) is 6.15. The first-order chi connectivity index (χ1) is 25.7. The summed E-state index contributed by atoms with van der Waals surface area (Å²) >= 11 is 0. The van der Waals surface area contributed by atoms with E-state index in [2.05, 4.69) is 198 Å². The van der Waals surface area contributed by atoms with E-state index >= 15 is 0 Å². The number of para-hydroxylation sites is 4. The lowest BCUT2D eigenvalue weighted by molar-refractivity contribution is 0.480. The SMILES string of the molecule is CC12C=C(c3ccc4c(c3)c3ccccc3n4-c3ccc(-c4ccccc4)cc3)c3oc4ccccc4c3C1N(c1ccccc1)c1ccccc12. The molecule has 2 aliphatic rings. The van der Waals surface area contributed by atoms with Gasteiger partial charge in [-0.15, -0.1) is 0 Å². The van der Waals surface area contributed by atoms with Crippen LogP contribution in [0.5, 0.6) is 0 Å². The van der Waals surface area contributed by atoms with E-state index in [0.29, 0.717) is 0 Å². The molecule has 0 saturated carbocycles. The van der Waals surface area contributed by atoms with Crippen molar-refractivity contribution in [3.63, 3.8) is 0 Å². The monoisotopic (exact) mass is 666 g/mol. The Bertz CT molecular complexity index is 2860. The van der Waals surface area contributed by atoms with Gasteiger partial charge >= 0.3 is 0 Å². The summed E-state index contributed by atoms with van der Waals surface area (Å²) in [4.78, 5) is 2.53. The highest BCUT2D eigenvalue weighted by molar-refractivity contribution is 6.10. The Morgan fingerprint density at radius 2 is 1.15 bits per heavy atom. The molecule has 0 fully saturated rings. The molecule has 7 aromatic carbocycles. The summed E-state index contributed by atoms with van der Waals surface area (Å²) in [5.74, 6) is 0.956. The Morgan fingerprint density at radius 3 is 1.98 bits per heavy atom. The summed E-state index contributed by atoms with van der Waals surface area (Å²) in [5.41, 5.74) is 13.9. The minimum Gasteiger partial charge on any atom is -0.456 e. The van der Waals surface area contributed by atoms with E-state index in [4.69, 9.17) is 4.42 Å². The van der Waals surface area contributed by atoms with E-state index in [1.54, 1.807) is 0 Å². The van der Waals surface area contributed by atoms with Crippen LogP contribution in [0.3, 0.4) is 0 Å². The Labute approximate surface area is 302 Å². The van der Waals surface area contributed by atoms with Crippen LogP contribution < -0.4 is 4.90 Å². The third-order valence-corrected chi connectivity index (χ3v) is 11.4. The summed E-state index contributed by atoms with van der Waals surface area (Å²) in [7, 11) is 0. The zero-order valence-corrected chi connectivity index (χ0v) is 28.7. The molecule has 2 atom stereocenters. The molecule has 0 amide bonds. The van der Waals surface area contributed by atoms with Gasteiger partial charge in [0.2, 0.25) is 0 Å². The second-order valence-corrected chi connectivity index (χ2v) is 14.3. The van der Waals surface area contributed by atoms with Gasteiger partial charge in [0.05, 0.1) is 17.1 Å². The minimum absolute atomic E-state index is 0.0270. The van der Waals surface area contributed by atoms with E-state index in [1.165, 1.54) is 60.8 Å². The summed E-state index contributed by atoms with van der Waals surface area (Å²) in [6.45, 7) is 2.41. The minimum atomic E-state index is -0.315. The van der Waals surface area contributed by atoms with Crippen LogP contribution in [0.25, 0.3) is 55.2 Å². The molecule has 0 N–H and O–H groups in total. The summed E-state index contributed by atoms with van der Waals surface area (Å²) in [6, 6.07) is 63.6. The third kappa shape index (κ3) is 4.08. The molecule has 52 heavy (non-hydrogen) atoms. The molecule has 0 saturated heterocycles. The second-order valence-electron chi connectivity index (χ2n) is 14.3. The number of benzene rings is 7. The molecule has 1 aliphatic heterocycles. The van der Waals surface area contributed by atoms with E-state index in [1.807, 2.05) is 0 Å². The number of fused-ring (bicyclic) bond motifs is 10. The Balaban J connectivity index is 1.13. The van der Waals surface area contributed by atoms with Gasteiger partial charge in [-0.25, -0.2) is 0 Å². The van der Waals surface area contributed by atoms with Crippen LogP contribution in [-0.2, 0) is 5.41 Å². The first-order valence-corrected chi connectivity index (χ1v) is 18.1. The average Bonchev–Trinajstić information content (AvgIpc) is 3.84. The molecule has 9 aromatic rings. The van der Waals surface area contributed by atoms with Crippen LogP contribution >= 0.6 is 0 Å². The maximum Gasteiger partial charge on any atom is 0.141 e. The zero-order chi connectivity index (χ0) is 34.4. The van der Waals surface area contributed by atoms with Crippen LogP contribution in [0, 0.1) is 0 Å². The molecule has 3 nitrogen and oxygen atoms in total. The summed E-state index contributed by atoms with van der Waals surface area (Å²) < 4.78 is 9.31. The molecule has 246 valence electrons. The maximum absolute atomic E-state index is 6.92. The molecule has 2 aromatic heterocycles. The van der Waals surface area contributed by atoms with Gasteiger partial charge in [0.25, 0.3) is 0 Å². The van der Waals surface area contributed by atoms with Gasteiger partial charge in [-0.2, -0.15) is 0 Å². The first kappa shape index (κ1) is 29.2. The first-order valence-electron chi connectivity index (χ1n) is 18.1. The largest absolute Gasteiger partial charge is 0.456 e. The fraction of sp³-hybridized carbons (Fsp3) is 0.0612. The van der Waals surface area contributed by atoms with Crippen molar-refractivity contribution in [2.45, 2.75) is 18.4 Å². The summed E-state index contributed by atoms with van der Waals surface area (Å²) in [6.07, 6.45) is 2.49. The molecule has 0 radical (unpaired) electrons. The highest BCUT2D eigenvalue weighted by atomic mass is 16.3. The van der Waals surface area contributed by atoms with E-state index < -0.39 is 0 Å². The van der Waals surface area contributed by atoms with E-state index in [0.717, 1.165) is 28.2 Å². The number of furan rings is 1. The zero-order valence-electron chi connectivity index (χ0n) is 28.7. The molecule has 2 unspecified atom stereocenters. The lowest BCUT2D eigenvalue weighted by atomic mass is 9.69. The fourth-order valence-corrected chi connectivity index (χ4v) is 9.13. The molecule has 0 bridgehead atoms. The van der Waals surface area contributed by atoms with Gasteiger partial charge in [-0.05, 0) is 83.8 Å². The number of anilines is 2. The topological polar surface area (TPSA) is 21.3 Å². The van der Waals surface area contributed by atoms with Crippen molar-refractivity contribution in [3.05, 3.63) is 204 Å². The van der Waals surface area contributed by atoms with E-state index in [9.17, 15) is 0 Å². The number of hydrogen-bond acceptors (Lipinski definition) is 2. The Hall–Kier alpha value is -6.58. The number of nitrogens with zero attached hydrogens (tertiary/aromatic N) is 2. The molecule has 3 heterocycles. The highest BCUT2D eigenvalue weighted by Gasteiger charge is 2.52. The number of rotatable bonds is 4. The highest BCUT2D eigenvalue weighted by Crippen LogP contribution is 2.62. The van der Waals surface area contributed by atoms with Gasteiger partial charge in [0, 0.05) is 49.8 Å². The van der Waals surface area contributed by atoms with Crippen molar-refractivity contribution in [3.8, 4) is 16.8 Å². The third-order valence-electron chi connectivity index (χ3n) is 11.4. The van der Waals surface area contributed by atoms with Crippen molar-refractivity contribution in [1.82, 2.24) is 4.57 Å². The molecule has 11 rings (SSSR count). The second kappa shape index (κ2) is 11.0. The van der Waals surface area contributed by atoms with Gasteiger partial charge < -0.3 is 13.9 Å². The van der Waals surface area contributed by atoms with Gasteiger partial charge in [0.1, 0.15) is 11.3 Å². The van der Waals surface area contributed by atoms with Gasteiger partial charge in [0.15, 0.2) is 0 Å². The standard InChI is InChI=1S/C49H34N2O/c1-49-31-40(47-46(38-19-9-13-23-45(38)52-47)48(49)51(35-16-6-3-7-17-35)44-22-12-10-20-41(44)49)34-26-29-43-39(30-34)37-18-8-11-21-42(37)50(43)36-27-24-33(25-28-36)32-14-4-2-5-15-32/h2-31,48H,1H3. The molecule has 1 aliphatic carbocycles. The molecular weight excluding hydrogens is 633 g/mol. The van der Waals surface area contributed by atoms with Crippen LogP contribution in [0.1, 0.15) is 35.4 Å². The van der Waals surface area contributed by atoms with Crippen molar-refractivity contribution < 1.29 is 4.42 Å². The van der Waals surface area contributed by atoms with E-state index in [-0.39, 0.29) is 11.5 Å². The predicted octanol–water partition coefficient (Wildman–Crippen LogP) is 12.8. The average molecular weight is 667 g/mol. The van der Waals surface area contributed by atoms with Crippen LogP contribution in [0.4, 0.5) is 11.4 Å². The summed E-state index contributed by atoms with van der Waals surface area (Å²) in [5, 5.41) is 3.63. The van der Waals surface area contributed by atoms with Crippen LogP contribution in [-0.4, -0.2) is 4.57 Å². The Morgan fingerprint density at radius 1 is 0.519 bits per heavy atom. The normalized spacial score (nSPS) is 17.7. The molecule has 3 heteroatoms. The van der Waals surface area contributed by atoms with Crippen LogP contribution in [0.2, 0.25) is 0 Å². The number of hydrogen-bond donors (Lipinski definition) is 0. The number of aromatic nitrogens is 1. The van der Waals surface area contributed by atoms with Gasteiger partial charge in [-0.1, -0.05) is 127 Å². The lowest BCUT2D eigenvalue weighted by Gasteiger charge is -2.39. The van der Waals surface area contributed by atoms with Gasteiger partial charge in [-0.3, -0.25) is 0 Å². The van der Waals surface area contributed by atoms with Crippen molar-refractivity contribution in [2.75, 3.05) is 4.90 Å². The predicted molar refractivity (Wildman–Crippen MR) is 215 cm³/mol. The quantitative estimate of drug-likeness (QED) is 0.186. The lowest BCUT2D eigenvalue weighted by Crippen LogP contribution is -2.35. The van der Waals surface area contributed by atoms with Crippen molar-refractivity contribution in [1.29, 1.82) is 0 Å². The van der Waals surface area contributed by atoms with Crippen molar-refractivity contribution >= 4 is 49.7 Å². The van der Waals surface area contributed by atoms with Crippen LogP contribution in [0.15, 0.2) is 186 Å². The smallest absolute Gasteiger partial charge is 0.141 e. The fourth-order valence-electron chi connectivity index (χ4n) is 9.13.